The highest BCUT2D eigenvalue weighted by Gasteiger charge is 2.20. The molecule has 1 heterocycles. The van der Waals surface area contributed by atoms with E-state index in [1.54, 1.807) is 42.5 Å². The van der Waals surface area contributed by atoms with Crippen molar-refractivity contribution in [2.75, 3.05) is 13.2 Å². The number of ether oxygens (including phenoxy) is 2. The topological polar surface area (TPSA) is 94.8 Å². The van der Waals surface area contributed by atoms with Gasteiger partial charge in [0.1, 0.15) is 17.4 Å². The fraction of sp³-hybridized carbons (Fsp3) is 0.190. The number of carbonyl (C=O) groups excluding carboxylic acids is 3. The van der Waals surface area contributed by atoms with Gasteiger partial charge in [-0.3, -0.25) is 9.59 Å². The van der Waals surface area contributed by atoms with Crippen LogP contribution in [0.4, 0.5) is 0 Å². The molecule has 7 nitrogen and oxygen atoms in total. The van der Waals surface area contributed by atoms with Crippen molar-refractivity contribution in [3.8, 4) is 5.75 Å². The van der Waals surface area contributed by atoms with Crippen LogP contribution < -0.4 is 10.1 Å². The Hall–Kier alpha value is -3.61. The van der Waals surface area contributed by atoms with Gasteiger partial charge in [-0.05, 0) is 31.2 Å². The quantitative estimate of drug-likeness (QED) is 0.476. The average Bonchev–Trinajstić information content (AvgIpc) is 3.15. The van der Waals surface area contributed by atoms with Crippen molar-refractivity contribution in [2.45, 2.75) is 13.0 Å². The Bertz CT molecular complexity index is 946. The molecule has 0 saturated carbocycles. The molecular formula is C21H19NO6. The molecule has 1 N–H and O–H groups in total. The van der Waals surface area contributed by atoms with Crippen molar-refractivity contribution in [3.63, 3.8) is 0 Å². The van der Waals surface area contributed by atoms with Gasteiger partial charge in [-0.15, -0.1) is 0 Å². The van der Waals surface area contributed by atoms with Crippen molar-refractivity contribution < 1.29 is 28.3 Å². The lowest BCUT2D eigenvalue weighted by atomic mass is 10.2. The van der Waals surface area contributed by atoms with Gasteiger partial charge >= 0.3 is 5.97 Å². The lowest BCUT2D eigenvalue weighted by molar-refractivity contribution is -0.146. The standard InChI is InChI=1S/C21H19NO6/c1-14(22-20(24)13-26-16-8-3-2-4-9-16)21(25)27-12-17(23)19-11-15-7-5-6-10-18(15)28-19/h2-11,14H,12-13H2,1H3,(H,22,24)/t14-/m0/s1. The minimum absolute atomic E-state index is 0.113. The Labute approximate surface area is 161 Å². The molecule has 0 unspecified atom stereocenters. The molecule has 1 amide bonds. The maximum Gasteiger partial charge on any atom is 0.328 e. The third-order valence-corrected chi connectivity index (χ3v) is 3.89. The van der Waals surface area contributed by atoms with Gasteiger partial charge in [0.15, 0.2) is 19.0 Å². The van der Waals surface area contributed by atoms with Crippen molar-refractivity contribution >= 4 is 28.6 Å². The molecule has 3 aromatic rings. The summed E-state index contributed by atoms with van der Waals surface area (Å²) in [6.07, 6.45) is 0. The zero-order valence-corrected chi connectivity index (χ0v) is 15.2. The number of rotatable bonds is 8. The molecule has 0 aliphatic rings. The normalized spacial score (nSPS) is 11.6. The molecule has 0 fully saturated rings. The Balaban J connectivity index is 1.44. The molecule has 1 atom stereocenters. The van der Waals surface area contributed by atoms with Gasteiger partial charge in [0, 0.05) is 5.39 Å². The Morgan fingerprint density at radius 2 is 1.71 bits per heavy atom. The lowest BCUT2D eigenvalue weighted by Crippen LogP contribution is -2.42. The summed E-state index contributed by atoms with van der Waals surface area (Å²) in [7, 11) is 0. The van der Waals surface area contributed by atoms with E-state index in [2.05, 4.69) is 5.32 Å². The van der Waals surface area contributed by atoms with Gasteiger partial charge < -0.3 is 19.2 Å². The monoisotopic (exact) mass is 381 g/mol. The van der Waals surface area contributed by atoms with E-state index in [0.717, 1.165) is 5.39 Å². The molecular weight excluding hydrogens is 362 g/mol. The van der Waals surface area contributed by atoms with E-state index in [1.165, 1.54) is 6.92 Å². The first-order valence-corrected chi connectivity index (χ1v) is 8.68. The molecule has 28 heavy (non-hydrogen) atoms. The molecule has 1 aromatic heterocycles. The zero-order chi connectivity index (χ0) is 19.9. The van der Waals surface area contributed by atoms with Gasteiger partial charge in [-0.1, -0.05) is 36.4 Å². The SMILES string of the molecule is C[C@H](NC(=O)COc1ccccc1)C(=O)OCC(=O)c1cc2ccccc2o1. The zero-order valence-electron chi connectivity index (χ0n) is 15.2. The number of Topliss-reactive ketones (excluding diaryl/α,β-unsaturated/α-hetero) is 1. The highest BCUT2D eigenvalue weighted by Crippen LogP contribution is 2.19. The Morgan fingerprint density at radius 1 is 1.00 bits per heavy atom. The molecule has 0 spiro atoms. The van der Waals surface area contributed by atoms with E-state index in [1.807, 2.05) is 18.2 Å². The summed E-state index contributed by atoms with van der Waals surface area (Å²) in [6.45, 7) is 0.757. The first kappa shape index (κ1) is 19.2. The van der Waals surface area contributed by atoms with Crippen LogP contribution in [-0.4, -0.2) is 36.9 Å². The highest BCUT2D eigenvalue weighted by atomic mass is 16.5. The molecule has 0 aliphatic heterocycles. The van der Waals surface area contributed by atoms with Crippen LogP contribution in [0.15, 0.2) is 65.1 Å². The molecule has 3 rings (SSSR count). The molecule has 144 valence electrons. The van der Waals surface area contributed by atoms with Crippen LogP contribution in [0.2, 0.25) is 0 Å². The highest BCUT2D eigenvalue weighted by molar-refractivity contribution is 5.99. The van der Waals surface area contributed by atoms with E-state index in [0.29, 0.717) is 11.3 Å². The largest absolute Gasteiger partial charge is 0.484 e. The molecule has 0 bridgehead atoms. The smallest absolute Gasteiger partial charge is 0.328 e. The van der Waals surface area contributed by atoms with Gasteiger partial charge in [-0.25, -0.2) is 4.79 Å². The van der Waals surface area contributed by atoms with E-state index in [-0.39, 0.29) is 12.4 Å². The second-order valence-corrected chi connectivity index (χ2v) is 6.07. The number of fused-ring (bicyclic) bond motifs is 1. The lowest BCUT2D eigenvalue weighted by Gasteiger charge is -2.13. The third kappa shape index (κ3) is 4.97. The first-order chi connectivity index (χ1) is 13.5. The van der Waals surface area contributed by atoms with Crippen LogP contribution in [0.5, 0.6) is 5.75 Å². The fourth-order valence-electron chi connectivity index (χ4n) is 2.46. The van der Waals surface area contributed by atoms with Crippen LogP contribution in [0.25, 0.3) is 11.0 Å². The van der Waals surface area contributed by atoms with Crippen LogP contribution in [-0.2, 0) is 14.3 Å². The van der Waals surface area contributed by atoms with Gasteiger partial charge in [-0.2, -0.15) is 0 Å². The van der Waals surface area contributed by atoms with Crippen LogP contribution in [0, 0.1) is 0 Å². The van der Waals surface area contributed by atoms with E-state index >= 15 is 0 Å². The number of hydrogen-bond acceptors (Lipinski definition) is 6. The van der Waals surface area contributed by atoms with Crippen molar-refractivity contribution in [2.24, 2.45) is 0 Å². The van der Waals surface area contributed by atoms with Crippen molar-refractivity contribution in [1.82, 2.24) is 5.32 Å². The van der Waals surface area contributed by atoms with E-state index in [9.17, 15) is 14.4 Å². The predicted octanol–water partition coefficient (Wildman–Crippen LogP) is 2.74. The van der Waals surface area contributed by atoms with E-state index in [4.69, 9.17) is 13.9 Å². The van der Waals surface area contributed by atoms with E-state index < -0.39 is 30.3 Å². The number of esters is 1. The average molecular weight is 381 g/mol. The maximum absolute atomic E-state index is 12.1. The maximum atomic E-state index is 12.1. The van der Waals surface area contributed by atoms with Crippen LogP contribution >= 0.6 is 0 Å². The second-order valence-electron chi connectivity index (χ2n) is 6.07. The minimum Gasteiger partial charge on any atom is -0.484 e. The number of nitrogens with one attached hydrogen (secondary N) is 1. The van der Waals surface area contributed by atoms with Gasteiger partial charge in [0.25, 0.3) is 5.91 Å². The summed E-state index contributed by atoms with van der Waals surface area (Å²) < 4.78 is 15.7. The minimum atomic E-state index is -0.921. The first-order valence-electron chi connectivity index (χ1n) is 8.68. The third-order valence-electron chi connectivity index (χ3n) is 3.89. The predicted molar refractivity (Wildman–Crippen MR) is 101 cm³/mol. The van der Waals surface area contributed by atoms with Gasteiger partial charge in [0.05, 0.1) is 0 Å². The van der Waals surface area contributed by atoms with Crippen LogP contribution in [0.1, 0.15) is 17.5 Å². The van der Waals surface area contributed by atoms with Gasteiger partial charge in [0.2, 0.25) is 5.78 Å². The van der Waals surface area contributed by atoms with Crippen molar-refractivity contribution in [3.05, 3.63) is 66.4 Å². The summed E-state index contributed by atoms with van der Waals surface area (Å²) in [5, 5.41) is 3.25. The number of amides is 1. The summed E-state index contributed by atoms with van der Waals surface area (Å²) in [5.74, 6) is -1.00. The number of furan rings is 1. The number of ketones is 1. The number of hydrogen-bond donors (Lipinski definition) is 1. The summed E-state index contributed by atoms with van der Waals surface area (Å²) >= 11 is 0. The van der Waals surface area contributed by atoms with Crippen molar-refractivity contribution in [1.29, 1.82) is 0 Å². The molecule has 0 saturated heterocycles. The molecule has 2 aromatic carbocycles. The summed E-state index contributed by atoms with van der Waals surface area (Å²) in [5.41, 5.74) is 0.580. The second kappa shape index (κ2) is 8.85. The Kier molecular flexibility index (Phi) is 6.06. The van der Waals surface area contributed by atoms with Crippen LogP contribution in [0.3, 0.4) is 0 Å². The summed E-state index contributed by atoms with van der Waals surface area (Å²) in [4.78, 5) is 36.0. The molecule has 0 aliphatic carbocycles. The number of para-hydroxylation sites is 2. The fourth-order valence-corrected chi connectivity index (χ4v) is 2.46. The molecule has 0 radical (unpaired) electrons. The molecule has 7 heteroatoms. The number of benzene rings is 2. The summed E-state index contributed by atoms with van der Waals surface area (Å²) in [6, 6.07) is 16.7. The number of carbonyl (C=O) groups is 3. The Morgan fingerprint density at radius 3 is 2.46 bits per heavy atom.